The van der Waals surface area contributed by atoms with Gasteiger partial charge >= 0.3 is 0 Å². The Morgan fingerprint density at radius 1 is 0.911 bits per heavy atom. The zero-order chi connectivity index (χ0) is 31.8. The second-order valence-electron chi connectivity index (χ2n) is 11.8. The third-order valence-corrected chi connectivity index (χ3v) is 8.26. The lowest BCUT2D eigenvalue weighted by Crippen LogP contribution is -2.43. The van der Waals surface area contributed by atoms with Crippen molar-refractivity contribution in [3.05, 3.63) is 131 Å². The van der Waals surface area contributed by atoms with E-state index in [1.807, 2.05) is 72.9 Å². The Morgan fingerprint density at radius 3 is 2.33 bits per heavy atom. The van der Waals surface area contributed by atoms with Crippen molar-refractivity contribution in [2.45, 2.75) is 51.8 Å². The standard InChI is InChI=1S/C37H41N3O5/c1-25-34(23-40(3)20-18-32-8-4-5-19-38-32)44-37(45-36(25)29-14-12-28(24-41)13-15-29)30-16-10-27(11-17-30)21-35(43)39-33-9-6-7-31(22-33)26(2)42/h4-17,19,22,25,34,36-37,41H,18,20-21,23-24H2,1-3H3,(H,39,43)/t25-,34+,36+,37?/m0/s1. The van der Waals surface area contributed by atoms with Gasteiger partial charge in [-0.1, -0.05) is 73.7 Å². The highest BCUT2D eigenvalue weighted by Gasteiger charge is 2.38. The summed E-state index contributed by atoms with van der Waals surface area (Å²) in [5, 5.41) is 12.4. The summed E-state index contributed by atoms with van der Waals surface area (Å²) in [5.41, 5.74) is 5.82. The van der Waals surface area contributed by atoms with Crippen LogP contribution >= 0.6 is 0 Å². The van der Waals surface area contributed by atoms with E-state index < -0.39 is 6.29 Å². The molecule has 1 unspecified atom stereocenters. The first-order valence-corrected chi connectivity index (χ1v) is 15.4. The number of ether oxygens (including phenoxy) is 2. The number of carbonyl (C=O) groups is 2. The molecule has 4 aromatic rings. The maximum atomic E-state index is 12.8. The minimum atomic E-state index is -0.588. The normalized spacial score (nSPS) is 19.8. The van der Waals surface area contributed by atoms with Crippen LogP contribution in [0.4, 0.5) is 5.69 Å². The van der Waals surface area contributed by atoms with Crippen LogP contribution < -0.4 is 5.32 Å². The number of anilines is 1. The van der Waals surface area contributed by atoms with Crippen molar-refractivity contribution in [3.63, 3.8) is 0 Å². The number of ketones is 1. The first-order valence-electron chi connectivity index (χ1n) is 15.4. The fourth-order valence-corrected chi connectivity index (χ4v) is 5.58. The molecule has 2 heterocycles. The fraction of sp³-hybridized carbons (Fsp3) is 0.324. The number of aliphatic hydroxyl groups excluding tert-OH is 1. The van der Waals surface area contributed by atoms with Crippen molar-refractivity contribution in [2.75, 3.05) is 25.5 Å². The van der Waals surface area contributed by atoms with E-state index >= 15 is 0 Å². The number of nitrogens with one attached hydrogen (secondary N) is 1. The smallest absolute Gasteiger partial charge is 0.228 e. The number of Topliss-reactive ketones (excluding diaryl/α,β-unsaturated/α-hetero) is 1. The number of amides is 1. The molecule has 3 aromatic carbocycles. The van der Waals surface area contributed by atoms with E-state index in [9.17, 15) is 14.7 Å². The first kappa shape index (κ1) is 32.2. The summed E-state index contributed by atoms with van der Waals surface area (Å²) in [5.74, 6) is -0.142. The summed E-state index contributed by atoms with van der Waals surface area (Å²) in [7, 11) is 2.10. The predicted octanol–water partition coefficient (Wildman–Crippen LogP) is 5.92. The Balaban J connectivity index is 1.28. The molecular weight excluding hydrogens is 566 g/mol. The lowest BCUT2D eigenvalue weighted by Gasteiger charge is -2.42. The van der Waals surface area contributed by atoms with Crippen molar-refractivity contribution in [3.8, 4) is 0 Å². The molecule has 234 valence electrons. The van der Waals surface area contributed by atoms with Crippen LogP contribution in [0.15, 0.2) is 97.2 Å². The molecule has 1 aromatic heterocycles. The lowest BCUT2D eigenvalue weighted by atomic mass is 9.90. The van der Waals surface area contributed by atoms with Crippen molar-refractivity contribution in [1.29, 1.82) is 0 Å². The van der Waals surface area contributed by atoms with Crippen molar-refractivity contribution in [2.24, 2.45) is 5.92 Å². The van der Waals surface area contributed by atoms with Gasteiger partial charge in [-0.2, -0.15) is 0 Å². The van der Waals surface area contributed by atoms with Gasteiger partial charge < -0.3 is 24.8 Å². The first-order chi connectivity index (χ1) is 21.8. The number of carbonyl (C=O) groups excluding carboxylic acids is 2. The molecule has 0 bridgehead atoms. The van der Waals surface area contributed by atoms with E-state index in [2.05, 4.69) is 29.2 Å². The zero-order valence-corrected chi connectivity index (χ0v) is 26.1. The van der Waals surface area contributed by atoms with Crippen molar-refractivity contribution >= 4 is 17.4 Å². The Hall–Kier alpha value is -4.21. The van der Waals surface area contributed by atoms with Crippen molar-refractivity contribution < 1.29 is 24.2 Å². The summed E-state index contributed by atoms with van der Waals surface area (Å²) >= 11 is 0. The van der Waals surface area contributed by atoms with Crippen LogP contribution in [0.1, 0.15) is 64.5 Å². The quantitative estimate of drug-likeness (QED) is 0.193. The van der Waals surface area contributed by atoms with Crippen LogP contribution in [-0.4, -0.2) is 52.9 Å². The van der Waals surface area contributed by atoms with Crippen LogP contribution in [0, 0.1) is 5.92 Å². The van der Waals surface area contributed by atoms with Crippen LogP contribution in [-0.2, 0) is 33.7 Å². The molecule has 0 radical (unpaired) electrons. The second kappa shape index (κ2) is 15.2. The van der Waals surface area contributed by atoms with E-state index in [4.69, 9.17) is 9.47 Å². The minimum Gasteiger partial charge on any atom is -0.392 e. The molecule has 0 aliphatic carbocycles. The molecule has 1 fully saturated rings. The molecule has 4 atom stereocenters. The third kappa shape index (κ3) is 8.71. The Kier molecular flexibility index (Phi) is 10.9. The summed E-state index contributed by atoms with van der Waals surface area (Å²) < 4.78 is 13.2. The molecule has 1 aliphatic heterocycles. The number of aromatic nitrogens is 1. The molecule has 0 spiro atoms. The van der Waals surface area contributed by atoms with E-state index in [-0.39, 0.29) is 42.8 Å². The lowest BCUT2D eigenvalue weighted by molar-refractivity contribution is -0.275. The number of pyridine rings is 1. The van der Waals surface area contributed by atoms with E-state index in [0.29, 0.717) is 11.3 Å². The van der Waals surface area contributed by atoms with Gasteiger partial charge in [0.25, 0.3) is 0 Å². The molecule has 5 rings (SSSR count). The molecule has 1 saturated heterocycles. The largest absolute Gasteiger partial charge is 0.392 e. The number of benzene rings is 3. The van der Waals surface area contributed by atoms with Gasteiger partial charge in [0, 0.05) is 54.1 Å². The highest BCUT2D eigenvalue weighted by Crippen LogP contribution is 2.41. The van der Waals surface area contributed by atoms with Gasteiger partial charge in [-0.05, 0) is 54.9 Å². The Bertz CT molecular complexity index is 1560. The monoisotopic (exact) mass is 607 g/mol. The number of aliphatic hydroxyl groups is 1. The average molecular weight is 608 g/mol. The van der Waals surface area contributed by atoms with E-state index in [1.165, 1.54) is 6.92 Å². The van der Waals surface area contributed by atoms with Gasteiger partial charge in [-0.3, -0.25) is 14.6 Å². The molecule has 45 heavy (non-hydrogen) atoms. The fourth-order valence-electron chi connectivity index (χ4n) is 5.58. The number of hydrogen-bond donors (Lipinski definition) is 2. The number of likely N-dealkylation sites (N-methyl/N-ethyl adjacent to an activating group) is 1. The molecule has 0 saturated carbocycles. The molecular formula is C37H41N3O5. The van der Waals surface area contributed by atoms with Crippen LogP contribution in [0.25, 0.3) is 0 Å². The highest BCUT2D eigenvalue weighted by atomic mass is 16.7. The topological polar surface area (TPSA) is 101 Å². The third-order valence-electron chi connectivity index (χ3n) is 8.26. The minimum absolute atomic E-state index is 0.00798. The van der Waals surface area contributed by atoms with Crippen LogP contribution in [0.5, 0.6) is 0 Å². The number of rotatable bonds is 12. The molecule has 2 N–H and O–H groups in total. The van der Waals surface area contributed by atoms with Gasteiger partial charge in [0.05, 0.1) is 25.2 Å². The summed E-state index contributed by atoms with van der Waals surface area (Å²) in [4.78, 5) is 31.2. The Morgan fingerprint density at radius 2 is 1.64 bits per heavy atom. The van der Waals surface area contributed by atoms with Gasteiger partial charge in [-0.15, -0.1) is 0 Å². The number of hydrogen-bond acceptors (Lipinski definition) is 7. The second-order valence-corrected chi connectivity index (χ2v) is 11.8. The molecule has 8 heteroatoms. The zero-order valence-electron chi connectivity index (χ0n) is 26.1. The summed E-state index contributed by atoms with van der Waals surface area (Å²) in [6, 6.07) is 28.6. The average Bonchev–Trinajstić information content (AvgIpc) is 3.05. The summed E-state index contributed by atoms with van der Waals surface area (Å²) in [6.45, 7) is 5.23. The van der Waals surface area contributed by atoms with Gasteiger partial charge in [0.15, 0.2) is 12.1 Å². The van der Waals surface area contributed by atoms with Crippen LogP contribution in [0.2, 0.25) is 0 Å². The predicted molar refractivity (Wildman–Crippen MR) is 174 cm³/mol. The van der Waals surface area contributed by atoms with Crippen LogP contribution in [0.3, 0.4) is 0 Å². The number of nitrogens with zero attached hydrogens (tertiary/aromatic N) is 2. The van der Waals surface area contributed by atoms with Gasteiger partial charge in [0.2, 0.25) is 5.91 Å². The Labute approximate surface area is 265 Å². The molecule has 1 amide bonds. The SMILES string of the molecule is CC(=O)c1cccc(NC(=O)Cc2ccc(C3O[C@H](CN(C)CCc4ccccn4)[C@H](C)[C@H](c4ccc(CO)cc4)O3)cc2)c1. The molecule has 8 nitrogen and oxygen atoms in total. The van der Waals surface area contributed by atoms with Gasteiger partial charge in [-0.25, -0.2) is 0 Å². The van der Waals surface area contributed by atoms with Gasteiger partial charge in [0.1, 0.15) is 0 Å². The molecule has 1 aliphatic rings. The maximum absolute atomic E-state index is 12.8. The van der Waals surface area contributed by atoms with E-state index in [0.717, 1.165) is 47.5 Å². The van der Waals surface area contributed by atoms with E-state index in [1.54, 1.807) is 24.3 Å². The highest BCUT2D eigenvalue weighted by molar-refractivity contribution is 5.97. The maximum Gasteiger partial charge on any atom is 0.228 e. The summed E-state index contributed by atoms with van der Waals surface area (Å²) in [6.07, 6.45) is 1.97. The van der Waals surface area contributed by atoms with Crippen molar-refractivity contribution in [1.82, 2.24) is 9.88 Å².